The predicted molar refractivity (Wildman–Crippen MR) is 80.2 cm³/mol. The molecule has 0 spiro atoms. The zero-order valence-electron chi connectivity index (χ0n) is 12.6. The van der Waals surface area contributed by atoms with Crippen LogP contribution in [0.15, 0.2) is 0 Å². The van der Waals surface area contributed by atoms with Crippen molar-refractivity contribution in [2.24, 2.45) is 0 Å². The van der Waals surface area contributed by atoms with Crippen molar-refractivity contribution >= 4 is 13.5 Å². The summed E-state index contributed by atoms with van der Waals surface area (Å²) in [5.74, 6) is -0.930. The van der Waals surface area contributed by atoms with Gasteiger partial charge in [-0.15, -0.1) is 0 Å². The van der Waals surface area contributed by atoms with Gasteiger partial charge in [-0.1, -0.05) is 32.6 Å². The molecule has 0 aromatic heterocycles. The van der Waals surface area contributed by atoms with Gasteiger partial charge in [-0.05, 0) is 25.7 Å². The zero-order chi connectivity index (χ0) is 14.8. The van der Waals surface area contributed by atoms with Crippen molar-refractivity contribution in [3.63, 3.8) is 0 Å². The molecule has 1 atom stereocenters. The fourth-order valence-electron chi connectivity index (χ4n) is 2.48. The maximum absolute atomic E-state index is 12.9. The first-order valence-corrected chi connectivity index (χ1v) is 9.55. The summed E-state index contributed by atoms with van der Waals surface area (Å²) in [4.78, 5) is 11.0. The van der Waals surface area contributed by atoms with Crippen LogP contribution >= 0.6 is 7.52 Å². The average Bonchev–Trinajstić information content (AvgIpc) is 2.39. The van der Waals surface area contributed by atoms with Crippen molar-refractivity contribution in [1.29, 1.82) is 0 Å². The highest BCUT2D eigenvalue weighted by molar-refractivity contribution is 7.56. The highest BCUT2D eigenvalue weighted by atomic mass is 31.2. The molecule has 0 radical (unpaired) electrons. The van der Waals surface area contributed by atoms with E-state index in [2.05, 4.69) is 6.92 Å². The summed E-state index contributed by atoms with van der Waals surface area (Å²) < 4.78 is 20.1. The molecule has 1 N–H and O–H groups in total. The molecule has 118 valence electrons. The molecule has 1 heterocycles. The SMILES string of the molecule is CCCCCCCP1(=O)OCCCCCN1CC(=O)O. The van der Waals surface area contributed by atoms with Crippen LogP contribution in [0.1, 0.15) is 58.3 Å². The van der Waals surface area contributed by atoms with E-state index < -0.39 is 13.5 Å². The molecule has 1 saturated heterocycles. The second-order valence-electron chi connectivity index (χ2n) is 5.45. The molecule has 1 rings (SSSR count). The Morgan fingerprint density at radius 3 is 2.65 bits per heavy atom. The van der Waals surface area contributed by atoms with Crippen molar-refractivity contribution in [3.8, 4) is 0 Å². The highest BCUT2D eigenvalue weighted by Crippen LogP contribution is 2.52. The number of carboxylic acid groups (broad SMARTS) is 1. The Morgan fingerprint density at radius 1 is 1.20 bits per heavy atom. The third-order valence-corrected chi connectivity index (χ3v) is 6.32. The van der Waals surface area contributed by atoms with E-state index in [1.165, 1.54) is 12.8 Å². The summed E-state index contributed by atoms with van der Waals surface area (Å²) in [7, 11) is -2.94. The monoisotopic (exact) mass is 305 g/mol. The molecule has 0 saturated carbocycles. The van der Waals surface area contributed by atoms with Crippen molar-refractivity contribution in [2.45, 2.75) is 58.3 Å². The molecule has 1 aliphatic rings. The topological polar surface area (TPSA) is 66.8 Å². The molecule has 20 heavy (non-hydrogen) atoms. The Hall–Kier alpha value is -0.380. The van der Waals surface area contributed by atoms with Crippen molar-refractivity contribution in [3.05, 3.63) is 0 Å². The van der Waals surface area contributed by atoms with Gasteiger partial charge in [-0.3, -0.25) is 9.36 Å². The molecule has 1 aliphatic heterocycles. The molecule has 0 aromatic carbocycles. The lowest BCUT2D eigenvalue weighted by Crippen LogP contribution is -2.31. The summed E-state index contributed by atoms with van der Waals surface area (Å²) in [5, 5.41) is 8.98. The number of hydrogen-bond acceptors (Lipinski definition) is 3. The fraction of sp³-hybridized carbons (Fsp3) is 0.929. The summed E-state index contributed by atoms with van der Waals surface area (Å²) in [6, 6.07) is 0. The van der Waals surface area contributed by atoms with Gasteiger partial charge in [-0.25, -0.2) is 4.67 Å². The van der Waals surface area contributed by atoms with Crippen molar-refractivity contribution in [2.75, 3.05) is 25.9 Å². The lowest BCUT2D eigenvalue weighted by atomic mass is 10.2. The Morgan fingerprint density at radius 2 is 1.95 bits per heavy atom. The van der Waals surface area contributed by atoms with Gasteiger partial charge in [0.1, 0.15) is 6.54 Å². The number of hydrogen-bond donors (Lipinski definition) is 1. The normalized spacial score (nSPS) is 25.1. The van der Waals surface area contributed by atoms with Crippen molar-refractivity contribution in [1.82, 2.24) is 4.67 Å². The van der Waals surface area contributed by atoms with Crippen LogP contribution in [-0.4, -0.2) is 41.6 Å². The van der Waals surface area contributed by atoms with Gasteiger partial charge < -0.3 is 9.63 Å². The van der Waals surface area contributed by atoms with Gasteiger partial charge in [-0.2, -0.15) is 0 Å². The molecule has 0 aromatic rings. The molecule has 6 heteroatoms. The van der Waals surface area contributed by atoms with Gasteiger partial charge in [0.15, 0.2) is 0 Å². The van der Waals surface area contributed by atoms with E-state index in [9.17, 15) is 9.36 Å². The Balaban J connectivity index is 2.55. The molecule has 1 unspecified atom stereocenters. The van der Waals surface area contributed by atoms with Crippen LogP contribution in [0.2, 0.25) is 0 Å². The maximum atomic E-state index is 12.9. The van der Waals surface area contributed by atoms with E-state index in [1.54, 1.807) is 4.67 Å². The Kier molecular flexibility index (Phi) is 8.43. The van der Waals surface area contributed by atoms with E-state index in [-0.39, 0.29) is 6.54 Å². The van der Waals surface area contributed by atoms with E-state index in [4.69, 9.17) is 9.63 Å². The third kappa shape index (κ3) is 6.38. The second kappa shape index (κ2) is 9.54. The molecule has 0 bridgehead atoms. The van der Waals surface area contributed by atoms with Crippen LogP contribution in [0.4, 0.5) is 0 Å². The van der Waals surface area contributed by atoms with Gasteiger partial charge in [0.05, 0.1) is 6.61 Å². The van der Waals surface area contributed by atoms with Gasteiger partial charge in [0, 0.05) is 12.7 Å². The Labute approximate surface area is 122 Å². The van der Waals surface area contributed by atoms with Gasteiger partial charge >= 0.3 is 5.97 Å². The van der Waals surface area contributed by atoms with E-state index in [1.807, 2.05) is 0 Å². The van der Waals surface area contributed by atoms with Crippen LogP contribution in [0.5, 0.6) is 0 Å². The lowest BCUT2D eigenvalue weighted by molar-refractivity contribution is -0.137. The number of rotatable bonds is 8. The number of carbonyl (C=O) groups is 1. The standard InChI is InChI=1S/C14H28NO4P/c1-2-3-4-5-9-12-20(18)15(13-14(16)17)10-7-6-8-11-19-20/h2-13H2,1H3,(H,16,17). The fourth-order valence-corrected chi connectivity index (χ4v) is 4.87. The number of carboxylic acids is 1. The quantitative estimate of drug-likeness (QED) is 0.546. The molecule has 1 fully saturated rings. The number of nitrogens with zero attached hydrogens (tertiary/aromatic N) is 1. The van der Waals surface area contributed by atoms with Gasteiger partial charge in [0.25, 0.3) is 7.52 Å². The second-order valence-corrected chi connectivity index (χ2v) is 8.00. The highest BCUT2D eigenvalue weighted by Gasteiger charge is 2.33. The minimum Gasteiger partial charge on any atom is -0.480 e. The first-order chi connectivity index (χ1) is 9.58. The molecule has 0 amide bonds. The minimum absolute atomic E-state index is 0.174. The summed E-state index contributed by atoms with van der Waals surface area (Å²) in [6.45, 7) is 3.04. The van der Waals surface area contributed by atoms with Crippen molar-refractivity contribution < 1.29 is 19.0 Å². The average molecular weight is 305 g/mol. The summed E-state index contributed by atoms with van der Waals surface area (Å²) in [6.07, 6.45) is 8.74. The van der Waals surface area contributed by atoms with Crippen LogP contribution in [0.25, 0.3) is 0 Å². The maximum Gasteiger partial charge on any atom is 0.318 e. The molecular weight excluding hydrogens is 277 g/mol. The smallest absolute Gasteiger partial charge is 0.318 e. The molecular formula is C14H28NO4P. The van der Waals surface area contributed by atoms with Crippen LogP contribution in [0, 0.1) is 0 Å². The predicted octanol–water partition coefficient (Wildman–Crippen LogP) is 3.74. The molecule has 0 aliphatic carbocycles. The van der Waals surface area contributed by atoms with Crippen LogP contribution < -0.4 is 0 Å². The third-order valence-electron chi connectivity index (χ3n) is 3.65. The number of unbranched alkanes of at least 4 members (excludes halogenated alkanes) is 4. The van der Waals surface area contributed by atoms with Crippen LogP contribution in [-0.2, 0) is 13.9 Å². The van der Waals surface area contributed by atoms with Crippen LogP contribution in [0.3, 0.4) is 0 Å². The molecule has 5 nitrogen and oxygen atoms in total. The summed E-state index contributed by atoms with van der Waals surface area (Å²) in [5.41, 5.74) is 0. The van der Waals surface area contributed by atoms with E-state index in [0.29, 0.717) is 19.3 Å². The Bertz CT molecular complexity index is 335. The van der Waals surface area contributed by atoms with E-state index in [0.717, 1.165) is 38.5 Å². The van der Waals surface area contributed by atoms with E-state index >= 15 is 0 Å². The lowest BCUT2D eigenvalue weighted by Gasteiger charge is -2.31. The largest absolute Gasteiger partial charge is 0.480 e. The van der Waals surface area contributed by atoms with Gasteiger partial charge in [0.2, 0.25) is 0 Å². The zero-order valence-corrected chi connectivity index (χ0v) is 13.4. The first-order valence-electron chi connectivity index (χ1n) is 7.79. The minimum atomic E-state index is -2.94. The number of aliphatic carboxylic acids is 1. The first kappa shape index (κ1) is 17.7. The summed E-state index contributed by atoms with van der Waals surface area (Å²) >= 11 is 0.